The van der Waals surface area contributed by atoms with Crippen LogP contribution in [0.5, 0.6) is 11.5 Å². The van der Waals surface area contributed by atoms with E-state index in [0.29, 0.717) is 24.0 Å². The maximum atomic E-state index is 13.4. The number of carboxylic acids is 1. The van der Waals surface area contributed by atoms with Crippen LogP contribution in [0.3, 0.4) is 0 Å². The summed E-state index contributed by atoms with van der Waals surface area (Å²) >= 11 is 0. The van der Waals surface area contributed by atoms with Crippen LogP contribution in [0.15, 0.2) is 6.07 Å². The van der Waals surface area contributed by atoms with E-state index in [2.05, 4.69) is 0 Å². The van der Waals surface area contributed by atoms with Crippen molar-refractivity contribution in [2.24, 2.45) is 0 Å². The molecule has 1 rings (SSSR count). The lowest BCUT2D eigenvalue weighted by Crippen LogP contribution is -2.00. The summed E-state index contributed by atoms with van der Waals surface area (Å²) < 4.78 is 18.1. The first-order valence-electron chi connectivity index (χ1n) is 5.24. The monoisotopic (exact) mass is 242 g/mol. The van der Waals surface area contributed by atoms with Crippen LogP contribution in [0.4, 0.5) is 4.39 Å². The average Bonchev–Trinajstić information content (AvgIpc) is 2.22. The Kier molecular flexibility index (Phi) is 4.31. The molecule has 0 unspecified atom stereocenters. The van der Waals surface area contributed by atoms with E-state index < -0.39 is 11.8 Å². The van der Waals surface area contributed by atoms with Crippen molar-refractivity contribution in [3.8, 4) is 11.5 Å². The van der Waals surface area contributed by atoms with Crippen LogP contribution in [0.25, 0.3) is 0 Å². The fourth-order valence-corrected chi connectivity index (χ4v) is 1.71. The number of aromatic hydroxyl groups is 1. The quantitative estimate of drug-likeness (QED) is 0.831. The summed E-state index contributed by atoms with van der Waals surface area (Å²) in [7, 11) is 1.27. The number of benzene rings is 1. The third-order valence-corrected chi connectivity index (χ3v) is 2.56. The topological polar surface area (TPSA) is 66.8 Å². The van der Waals surface area contributed by atoms with Crippen molar-refractivity contribution in [1.29, 1.82) is 0 Å². The van der Waals surface area contributed by atoms with E-state index in [1.807, 2.05) is 0 Å². The molecule has 0 aliphatic rings. The molecule has 0 spiro atoms. The average molecular weight is 242 g/mol. The zero-order valence-electron chi connectivity index (χ0n) is 9.79. The van der Waals surface area contributed by atoms with Crippen LogP contribution in [-0.2, 0) is 11.2 Å². The first kappa shape index (κ1) is 13.3. The molecule has 0 atom stereocenters. The number of hydrogen-bond acceptors (Lipinski definition) is 3. The summed E-state index contributed by atoms with van der Waals surface area (Å²) in [4.78, 5) is 10.4. The molecule has 94 valence electrons. The van der Waals surface area contributed by atoms with Crippen molar-refractivity contribution >= 4 is 5.97 Å². The van der Waals surface area contributed by atoms with Crippen LogP contribution in [0.2, 0.25) is 0 Å². The Hall–Kier alpha value is -1.78. The lowest BCUT2D eigenvalue weighted by atomic mass is 10.0. The smallest absolute Gasteiger partial charge is 0.303 e. The number of phenolic OH excluding ortho intramolecular Hbond substituents is 1. The van der Waals surface area contributed by atoms with Crippen LogP contribution in [0.1, 0.15) is 24.0 Å². The van der Waals surface area contributed by atoms with Crippen molar-refractivity contribution in [1.82, 2.24) is 0 Å². The Morgan fingerprint density at radius 1 is 1.53 bits per heavy atom. The Morgan fingerprint density at radius 2 is 2.18 bits per heavy atom. The molecule has 0 saturated carbocycles. The van der Waals surface area contributed by atoms with Crippen molar-refractivity contribution in [3.05, 3.63) is 23.0 Å². The summed E-state index contributed by atoms with van der Waals surface area (Å²) in [5.74, 6) is -1.95. The molecule has 0 aliphatic carbocycles. The second-order valence-electron chi connectivity index (χ2n) is 3.78. The van der Waals surface area contributed by atoms with Crippen molar-refractivity contribution in [3.63, 3.8) is 0 Å². The number of carboxylic acid groups (broad SMARTS) is 1. The highest BCUT2D eigenvalue weighted by atomic mass is 19.1. The minimum atomic E-state index is -0.892. The standard InChI is InChI=1S/C12H15FO4/c1-7-6-9(13)12(17-2)11(16)8(7)4-3-5-10(14)15/h6,16H,3-5H2,1-2H3,(H,14,15). The zero-order chi connectivity index (χ0) is 13.0. The fourth-order valence-electron chi connectivity index (χ4n) is 1.71. The van der Waals surface area contributed by atoms with Crippen LogP contribution in [0, 0.1) is 12.7 Å². The molecule has 0 aromatic heterocycles. The van der Waals surface area contributed by atoms with E-state index in [0.717, 1.165) is 0 Å². The van der Waals surface area contributed by atoms with Gasteiger partial charge in [-0.25, -0.2) is 4.39 Å². The Balaban J connectivity index is 2.94. The summed E-state index contributed by atoms with van der Waals surface area (Å²) in [6, 6.07) is 1.27. The summed E-state index contributed by atoms with van der Waals surface area (Å²) in [6.45, 7) is 1.67. The number of ether oxygens (including phenoxy) is 1. The van der Waals surface area contributed by atoms with Crippen LogP contribution < -0.4 is 4.74 Å². The first-order chi connectivity index (χ1) is 7.97. The normalized spacial score (nSPS) is 10.3. The molecule has 5 heteroatoms. The SMILES string of the molecule is COc1c(F)cc(C)c(CCCC(=O)O)c1O. The highest BCUT2D eigenvalue weighted by Crippen LogP contribution is 2.35. The lowest BCUT2D eigenvalue weighted by molar-refractivity contribution is -0.137. The molecule has 1 aromatic rings. The predicted octanol–water partition coefficient (Wildman–Crippen LogP) is 2.26. The maximum Gasteiger partial charge on any atom is 0.303 e. The molecule has 0 fully saturated rings. The number of methoxy groups -OCH3 is 1. The van der Waals surface area contributed by atoms with Gasteiger partial charge in [0.05, 0.1) is 7.11 Å². The number of aryl methyl sites for hydroxylation is 1. The second kappa shape index (κ2) is 5.52. The van der Waals surface area contributed by atoms with Crippen molar-refractivity contribution < 1.29 is 24.1 Å². The van der Waals surface area contributed by atoms with Gasteiger partial charge in [0, 0.05) is 12.0 Å². The van der Waals surface area contributed by atoms with Gasteiger partial charge in [-0.3, -0.25) is 4.79 Å². The van der Waals surface area contributed by atoms with Crippen molar-refractivity contribution in [2.45, 2.75) is 26.2 Å². The predicted molar refractivity (Wildman–Crippen MR) is 59.9 cm³/mol. The third kappa shape index (κ3) is 3.09. The Labute approximate surface area is 98.7 Å². The molecule has 0 bridgehead atoms. The number of carbonyl (C=O) groups is 1. The zero-order valence-corrected chi connectivity index (χ0v) is 9.79. The second-order valence-corrected chi connectivity index (χ2v) is 3.78. The van der Waals surface area contributed by atoms with E-state index in [4.69, 9.17) is 9.84 Å². The summed E-state index contributed by atoms with van der Waals surface area (Å²) in [5.41, 5.74) is 1.12. The molecular weight excluding hydrogens is 227 g/mol. The van der Waals surface area contributed by atoms with Gasteiger partial charge in [0.25, 0.3) is 0 Å². The number of hydrogen-bond donors (Lipinski definition) is 2. The number of phenols is 1. The first-order valence-corrected chi connectivity index (χ1v) is 5.24. The van der Waals surface area contributed by atoms with E-state index >= 15 is 0 Å². The number of halogens is 1. The minimum Gasteiger partial charge on any atom is -0.504 e. The molecule has 0 amide bonds. The molecule has 4 nitrogen and oxygen atoms in total. The van der Waals surface area contributed by atoms with Gasteiger partial charge in [0.1, 0.15) is 0 Å². The van der Waals surface area contributed by atoms with Crippen molar-refractivity contribution in [2.75, 3.05) is 7.11 Å². The Morgan fingerprint density at radius 3 is 2.71 bits per heavy atom. The Bertz CT molecular complexity index is 429. The number of aliphatic carboxylic acids is 1. The van der Waals surface area contributed by atoms with Gasteiger partial charge in [-0.15, -0.1) is 0 Å². The molecule has 1 aromatic carbocycles. The van der Waals surface area contributed by atoms with E-state index in [9.17, 15) is 14.3 Å². The molecule has 0 radical (unpaired) electrons. The lowest BCUT2D eigenvalue weighted by Gasteiger charge is -2.12. The van der Waals surface area contributed by atoms with Crippen LogP contribution in [-0.4, -0.2) is 23.3 Å². The highest BCUT2D eigenvalue weighted by molar-refractivity contribution is 5.66. The van der Waals surface area contributed by atoms with E-state index in [-0.39, 0.29) is 17.9 Å². The maximum absolute atomic E-state index is 13.4. The molecular formula is C12H15FO4. The van der Waals surface area contributed by atoms with Gasteiger partial charge in [-0.05, 0) is 31.4 Å². The highest BCUT2D eigenvalue weighted by Gasteiger charge is 2.16. The third-order valence-electron chi connectivity index (χ3n) is 2.56. The molecule has 2 N–H and O–H groups in total. The fraction of sp³-hybridized carbons (Fsp3) is 0.417. The molecule has 17 heavy (non-hydrogen) atoms. The summed E-state index contributed by atoms with van der Waals surface area (Å²) in [6.07, 6.45) is 0.775. The number of rotatable bonds is 5. The largest absolute Gasteiger partial charge is 0.504 e. The van der Waals surface area contributed by atoms with E-state index in [1.54, 1.807) is 6.92 Å². The molecule has 0 saturated heterocycles. The molecule has 0 heterocycles. The van der Waals surface area contributed by atoms with E-state index in [1.165, 1.54) is 13.2 Å². The summed E-state index contributed by atoms with van der Waals surface area (Å²) in [5, 5.41) is 18.3. The van der Waals surface area contributed by atoms with Gasteiger partial charge in [-0.2, -0.15) is 0 Å². The van der Waals surface area contributed by atoms with Gasteiger partial charge >= 0.3 is 5.97 Å². The minimum absolute atomic E-state index is 0.0125. The van der Waals surface area contributed by atoms with Gasteiger partial charge in [0.15, 0.2) is 17.3 Å². The van der Waals surface area contributed by atoms with Gasteiger partial charge < -0.3 is 14.9 Å². The molecule has 0 aliphatic heterocycles. The van der Waals surface area contributed by atoms with Gasteiger partial charge in [0.2, 0.25) is 0 Å². The van der Waals surface area contributed by atoms with Gasteiger partial charge in [-0.1, -0.05) is 0 Å². The van der Waals surface area contributed by atoms with Crippen LogP contribution >= 0.6 is 0 Å².